The van der Waals surface area contributed by atoms with Crippen LogP contribution in [0.5, 0.6) is 0 Å². The van der Waals surface area contributed by atoms with Crippen molar-refractivity contribution >= 4 is 17.9 Å². The van der Waals surface area contributed by atoms with Gasteiger partial charge in [-0.05, 0) is 19.3 Å². The normalized spacial score (nSPS) is 11.2. The van der Waals surface area contributed by atoms with Crippen LogP contribution in [0.15, 0.2) is 11.6 Å². The van der Waals surface area contributed by atoms with E-state index in [9.17, 15) is 14.4 Å². The molecule has 0 aromatic heterocycles. The fourth-order valence-corrected chi connectivity index (χ4v) is 2.78. The number of esters is 3. The zero-order valence-electron chi connectivity index (χ0n) is 19.3. The van der Waals surface area contributed by atoms with Gasteiger partial charge in [-0.2, -0.15) is 0 Å². The number of carbonyl (C=O) groups excluding carboxylic acids is 3. The second-order valence-corrected chi connectivity index (χ2v) is 7.55. The first-order chi connectivity index (χ1) is 14.5. The van der Waals surface area contributed by atoms with Gasteiger partial charge in [-0.25, -0.2) is 9.59 Å². The van der Waals surface area contributed by atoms with Gasteiger partial charge in [0.25, 0.3) is 0 Å². The summed E-state index contributed by atoms with van der Waals surface area (Å²) in [7, 11) is 0. The molecule has 0 aliphatic rings. The zero-order valence-corrected chi connectivity index (χ0v) is 19.3. The Morgan fingerprint density at radius 3 is 1.57 bits per heavy atom. The SMILES string of the molecule is CCCCCCOC(=O)/C=C(/CC(=O)OCCCCCC)C(=O)OCCCCCC. The summed E-state index contributed by atoms with van der Waals surface area (Å²) < 4.78 is 15.6. The van der Waals surface area contributed by atoms with Crippen molar-refractivity contribution < 1.29 is 28.6 Å². The lowest BCUT2D eigenvalue weighted by Crippen LogP contribution is -2.17. The Morgan fingerprint density at radius 2 is 1.07 bits per heavy atom. The van der Waals surface area contributed by atoms with Crippen LogP contribution >= 0.6 is 0 Å². The molecule has 0 saturated heterocycles. The molecule has 30 heavy (non-hydrogen) atoms. The van der Waals surface area contributed by atoms with Crippen molar-refractivity contribution in [3.05, 3.63) is 11.6 Å². The van der Waals surface area contributed by atoms with Gasteiger partial charge in [0, 0.05) is 6.08 Å². The van der Waals surface area contributed by atoms with E-state index in [-0.39, 0.29) is 18.6 Å². The highest BCUT2D eigenvalue weighted by atomic mass is 16.5. The minimum Gasteiger partial charge on any atom is -0.465 e. The van der Waals surface area contributed by atoms with Crippen molar-refractivity contribution in [3.63, 3.8) is 0 Å². The molecule has 0 unspecified atom stereocenters. The molecule has 0 aromatic rings. The smallest absolute Gasteiger partial charge is 0.334 e. The highest BCUT2D eigenvalue weighted by Gasteiger charge is 2.18. The van der Waals surface area contributed by atoms with E-state index in [4.69, 9.17) is 14.2 Å². The van der Waals surface area contributed by atoms with Crippen LogP contribution in [0.2, 0.25) is 0 Å². The van der Waals surface area contributed by atoms with E-state index in [0.717, 1.165) is 83.1 Å². The molecule has 6 heteroatoms. The maximum Gasteiger partial charge on any atom is 0.334 e. The molecule has 0 saturated carbocycles. The number of ether oxygens (including phenoxy) is 3. The summed E-state index contributed by atoms with van der Waals surface area (Å²) in [6.45, 7) is 7.22. The maximum absolute atomic E-state index is 12.4. The number of rotatable bonds is 19. The summed E-state index contributed by atoms with van der Waals surface area (Å²) in [5.41, 5.74) is -0.0115. The van der Waals surface area contributed by atoms with Gasteiger partial charge in [-0.1, -0.05) is 78.6 Å². The van der Waals surface area contributed by atoms with E-state index in [0.29, 0.717) is 13.2 Å². The molecule has 0 spiro atoms. The van der Waals surface area contributed by atoms with Crippen LogP contribution in [0.25, 0.3) is 0 Å². The maximum atomic E-state index is 12.4. The molecule has 174 valence electrons. The van der Waals surface area contributed by atoms with Crippen LogP contribution in [0.3, 0.4) is 0 Å². The summed E-state index contributed by atoms with van der Waals surface area (Å²) >= 11 is 0. The molecular formula is C24H42O6. The Hall–Kier alpha value is -1.85. The van der Waals surface area contributed by atoms with Crippen LogP contribution in [0.4, 0.5) is 0 Å². The lowest BCUT2D eigenvalue weighted by atomic mass is 10.1. The number of hydrogen-bond donors (Lipinski definition) is 0. The van der Waals surface area contributed by atoms with Crippen LogP contribution < -0.4 is 0 Å². The third kappa shape index (κ3) is 17.0. The van der Waals surface area contributed by atoms with Crippen molar-refractivity contribution in [2.45, 2.75) is 104 Å². The molecule has 0 rings (SSSR count). The molecule has 0 bridgehead atoms. The number of hydrogen-bond acceptors (Lipinski definition) is 6. The van der Waals surface area contributed by atoms with Crippen molar-refractivity contribution in [2.75, 3.05) is 19.8 Å². The second kappa shape index (κ2) is 20.4. The minimum atomic E-state index is -0.655. The lowest BCUT2D eigenvalue weighted by molar-refractivity contribution is -0.146. The predicted octanol–water partition coefficient (Wildman–Crippen LogP) is 5.67. The quantitative estimate of drug-likeness (QED) is 0.115. The summed E-state index contributed by atoms with van der Waals surface area (Å²) in [5, 5.41) is 0. The number of carbonyl (C=O) groups is 3. The van der Waals surface area contributed by atoms with Gasteiger partial charge in [0.05, 0.1) is 31.8 Å². The zero-order chi connectivity index (χ0) is 22.5. The first kappa shape index (κ1) is 28.1. The third-order valence-corrected chi connectivity index (χ3v) is 4.62. The van der Waals surface area contributed by atoms with Gasteiger partial charge in [0.15, 0.2) is 0 Å². The molecule has 0 amide bonds. The first-order valence-electron chi connectivity index (χ1n) is 11.7. The highest BCUT2D eigenvalue weighted by molar-refractivity contribution is 5.99. The average molecular weight is 427 g/mol. The first-order valence-corrected chi connectivity index (χ1v) is 11.7. The van der Waals surface area contributed by atoms with Crippen LogP contribution in [-0.2, 0) is 28.6 Å². The van der Waals surface area contributed by atoms with Crippen molar-refractivity contribution in [1.29, 1.82) is 0 Å². The minimum absolute atomic E-state index is 0.0115. The van der Waals surface area contributed by atoms with Crippen LogP contribution in [0, 0.1) is 0 Å². The monoisotopic (exact) mass is 426 g/mol. The van der Waals surface area contributed by atoms with Gasteiger partial charge in [-0.3, -0.25) is 4.79 Å². The summed E-state index contributed by atoms with van der Waals surface area (Å²) in [6, 6.07) is 0. The Kier molecular flexibility index (Phi) is 19.2. The molecule has 0 heterocycles. The Labute approximate surface area is 182 Å². The van der Waals surface area contributed by atoms with E-state index in [1.807, 2.05) is 0 Å². The fraction of sp³-hybridized carbons (Fsp3) is 0.792. The summed E-state index contributed by atoms with van der Waals surface area (Å²) in [4.78, 5) is 36.5. The molecule has 0 aliphatic carbocycles. The molecule has 0 fully saturated rings. The van der Waals surface area contributed by atoms with Crippen molar-refractivity contribution in [3.8, 4) is 0 Å². The molecule has 6 nitrogen and oxygen atoms in total. The van der Waals surface area contributed by atoms with Gasteiger partial charge in [-0.15, -0.1) is 0 Å². The van der Waals surface area contributed by atoms with Gasteiger partial charge >= 0.3 is 17.9 Å². The molecule has 0 N–H and O–H groups in total. The largest absolute Gasteiger partial charge is 0.465 e. The van der Waals surface area contributed by atoms with E-state index in [1.165, 1.54) is 0 Å². The van der Waals surface area contributed by atoms with Crippen molar-refractivity contribution in [2.24, 2.45) is 0 Å². The molecule has 0 aromatic carbocycles. The van der Waals surface area contributed by atoms with Gasteiger partial charge in [0.1, 0.15) is 0 Å². The lowest BCUT2D eigenvalue weighted by Gasteiger charge is -2.09. The Bertz CT molecular complexity index is 498. The van der Waals surface area contributed by atoms with E-state index >= 15 is 0 Å². The average Bonchev–Trinajstić information content (AvgIpc) is 2.72. The number of unbranched alkanes of at least 4 members (excludes halogenated alkanes) is 9. The predicted molar refractivity (Wildman–Crippen MR) is 118 cm³/mol. The van der Waals surface area contributed by atoms with Crippen LogP contribution in [-0.4, -0.2) is 37.7 Å². The molecular weight excluding hydrogens is 384 g/mol. The fourth-order valence-electron chi connectivity index (χ4n) is 2.78. The third-order valence-electron chi connectivity index (χ3n) is 4.62. The van der Waals surface area contributed by atoms with E-state index in [2.05, 4.69) is 20.8 Å². The summed E-state index contributed by atoms with van der Waals surface area (Å²) in [6.07, 6.45) is 12.6. The Balaban J connectivity index is 4.63. The van der Waals surface area contributed by atoms with Gasteiger partial charge < -0.3 is 14.2 Å². The molecule has 0 atom stereocenters. The van der Waals surface area contributed by atoms with Crippen molar-refractivity contribution in [1.82, 2.24) is 0 Å². The van der Waals surface area contributed by atoms with Crippen LogP contribution in [0.1, 0.15) is 104 Å². The second-order valence-electron chi connectivity index (χ2n) is 7.55. The standard InChI is InChI=1S/C24H42O6/c1-4-7-10-13-16-28-22(25)19-21(24(27)30-18-15-12-9-6-3)20-23(26)29-17-14-11-8-5-2/h19H,4-18,20H2,1-3H3/b21-19-. The topological polar surface area (TPSA) is 78.9 Å². The Morgan fingerprint density at radius 1 is 0.600 bits per heavy atom. The summed E-state index contributed by atoms with van der Waals surface area (Å²) in [5.74, 6) is -1.81. The van der Waals surface area contributed by atoms with E-state index < -0.39 is 17.9 Å². The molecule has 0 radical (unpaired) electrons. The highest BCUT2D eigenvalue weighted by Crippen LogP contribution is 2.10. The van der Waals surface area contributed by atoms with E-state index in [1.54, 1.807) is 0 Å². The van der Waals surface area contributed by atoms with Gasteiger partial charge in [0.2, 0.25) is 0 Å². The molecule has 0 aliphatic heterocycles.